The molecular formula is C32H52O6. The van der Waals surface area contributed by atoms with Crippen LogP contribution in [-0.4, -0.2) is 57.4 Å². The molecule has 0 radical (unpaired) electrons. The lowest BCUT2D eigenvalue weighted by Crippen LogP contribution is -2.71. The molecule has 1 heterocycles. The van der Waals surface area contributed by atoms with E-state index < -0.39 is 35.4 Å². The van der Waals surface area contributed by atoms with Crippen LogP contribution in [0.2, 0.25) is 0 Å². The van der Waals surface area contributed by atoms with Crippen LogP contribution in [0.1, 0.15) is 93.9 Å². The second-order valence-electron chi connectivity index (χ2n) is 15.7. The number of carbonyl (C=O) groups is 1. The van der Waals surface area contributed by atoms with Gasteiger partial charge in [0.25, 0.3) is 0 Å². The van der Waals surface area contributed by atoms with E-state index >= 15 is 0 Å². The molecule has 16 atom stereocenters. The predicted octanol–water partition coefficient (Wildman–Crippen LogP) is 4.58. The highest BCUT2D eigenvalue weighted by Gasteiger charge is 2.82. The van der Waals surface area contributed by atoms with Gasteiger partial charge >= 0.3 is 5.97 Å². The van der Waals surface area contributed by atoms with E-state index in [1.807, 2.05) is 0 Å². The van der Waals surface area contributed by atoms with Crippen molar-refractivity contribution in [3.8, 4) is 0 Å². The second-order valence-corrected chi connectivity index (χ2v) is 15.7. The van der Waals surface area contributed by atoms with E-state index in [2.05, 4.69) is 48.5 Å². The Morgan fingerprint density at radius 3 is 2.29 bits per heavy atom. The van der Waals surface area contributed by atoms with Crippen molar-refractivity contribution in [2.24, 2.45) is 63.6 Å². The van der Waals surface area contributed by atoms with E-state index in [4.69, 9.17) is 9.47 Å². The van der Waals surface area contributed by atoms with Crippen LogP contribution in [-0.2, 0) is 14.3 Å². The minimum absolute atomic E-state index is 0.0917. The minimum atomic E-state index is -0.789. The van der Waals surface area contributed by atoms with Crippen molar-refractivity contribution in [3.05, 3.63) is 0 Å². The minimum Gasteiger partial charge on any atom is -0.459 e. The van der Waals surface area contributed by atoms with Gasteiger partial charge in [-0.05, 0) is 78.9 Å². The Labute approximate surface area is 229 Å². The molecule has 6 aliphatic rings. The molecule has 216 valence electrons. The van der Waals surface area contributed by atoms with Crippen molar-refractivity contribution in [1.82, 2.24) is 0 Å². The lowest BCUT2D eigenvalue weighted by molar-refractivity contribution is -0.250. The van der Waals surface area contributed by atoms with Crippen molar-refractivity contribution in [3.63, 3.8) is 0 Å². The van der Waals surface area contributed by atoms with Crippen LogP contribution < -0.4 is 0 Å². The molecule has 6 heteroatoms. The van der Waals surface area contributed by atoms with Crippen LogP contribution in [0, 0.1) is 63.6 Å². The topological polar surface area (TPSA) is 99.5 Å². The van der Waals surface area contributed by atoms with Gasteiger partial charge < -0.3 is 24.8 Å². The average Bonchev–Trinajstić information content (AvgIpc) is 3.71. The monoisotopic (exact) mass is 532 g/mol. The van der Waals surface area contributed by atoms with E-state index in [0.29, 0.717) is 47.8 Å². The number of hydrogen-bond donors (Lipinski definition) is 3. The number of esters is 1. The first kappa shape index (κ1) is 27.5. The van der Waals surface area contributed by atoms with Gasteiger partial charge in [0.2, 0.25) is 0 Å². The molecule has 0 amide bonds. The Hall–Kier alpha value is -0.690. The zero-order chi connectivity index (χ0) is 27.7. The van der Waals surface area contributed by atoms with Gasteiger partial charge in [0.05, 0.1) is 18.3 Å². The Bertz CT molecular complexity index is 983. The Morgan fingerprint density at radius 2 is 1.66 bits per heavy atom. The molecule has 1 saturated heterocycles. The van der Waals surface area contributed by atoms with E-state index in [9.17, 15) is 20.1 Å². The van der Waals surface area contributed by atoms with Gasteiger partial charge in [-0.15, -0.1) is 0 Å². The summed E-state index contributed by atoms with van der Waals surface area (Å²) in [6.07, 6.45) is 2.33. The van der Waals surface area contributed by atoms with Crippen LogP contribution >= 0.6 is 0 Å². The highest BCUT2D eigenvalue weighted by molar-refractivity contribution is 5.66. The van der Waals surface area contributed by atoms with E-state index in [1.54, 1.807) is 0 Å². The lowest BCUT2D eigenvalue weighted by Gasteiger charge is -2.63. The molecule has 6 rings (SSSR count). The third-order valence-corrected chi connectivity index (χ3v) is 14.2. The van der Waals surface area contributed by atoms with Crippen molar-refractivity contribution >= 4 is 5.97 Å². The molecule has 6 nitrogen and oxygen atoms in total. The standard InChI is InChI=1S/C32H52O6/c1-15(2)17(4)29(6)14-22(29)16(3)20-9-10-21-23-24(26(37-18(5)33)27(36)31(20,21)8)30(7)12-11-19(34)13-32(30)28(38-32)25(23)35/h15-17,19-28,34-36H,9-14H2,1-8H3. The number of aliphatic hydroxyl groups excluding tert-OH is 3. The third kappa shape index (κ3) is 3.30. The summed E-state index contributed by atoms with van der Waals surface area (Å²) in [5.74, 6) is 2.18. The SMILES string of the molecule is CC(=O)OC1C(O)C2(C)C(C(C)C3CC3(C)C(C)C(C)C)CCC2C2C(O)C3OC34CC(O)CCC4(C)C12. The summed E-state index contributed by atoms with van der Waals surface area (Å²) in [6.45, 7) is 17.8. The fourth-order valence-electron chi connectivity index (χ4n) is 11.7. The number of epoxide rings is 1. The normalized spacial score (nSPS) is 58.2. The maximum Gasteiger partial charge on any atom is 0.303 e. The van der Waals surface area contributed by atoms with Crippen LogP contribution in [0.3, 0.4) is 0 Å². The third-order valence-electron chi connectivity index (χ3n) is 14.2. The van der Waals surface area contributed by atoms with E-state index in [-0.39, 0.29) is 35.2 Å². The molecule has 0 bridgehead atoms. The number of hydrogen-bond acceptors (Lipinski definition) is 6. The number of ether oxygens (including phenoxy) is 2. The van der Waals surface area contributed by atoms with Gasteiger partial charge in [-0.25, -0.2) is 0 Å². The fraction of sp³-hybridized carbons (Fsp3) is 0.969. The van der Waals surface area contributed by atoms with Crippen molar-refractivity contribution in [2.45, 2.75) is 130 Å². The molecule has 5 saturated carbocycles. The van der Waals surface area contributed by atoms with Gasteiger partial charge in [0.15, 0.2) is 0 Å². The van der Waals surface area contributed by atoms with Crippen LogP contribution in [0.15, 0.2) is 0 Å². The molecular weight excluding hydrogens is 480 g/mol. The Balaban J connectivity index is 1.38. The first-order chi connectivity index (χ1) is 17.6. The van der Waals surface area contributed by atoms with Crippen LogP contribution in [0.4, 0.5) is 0 Å². The van der Waals surface area contributed by atoms with Gasteiger partial charge in [-0.1, -0.05) is 48.5 Å². The van der Waals surface area contributed by atoms with Gasteiger partial charge in [0.1, 0.15) is 17.8 Å². The quantitative estimate of drug-likeness (QED) is 0.354. The van der Waals surface area contributed by atoms with Crippen LogP contribution in [0.25, 0.3) is 0 Å². The summed E-state index contributed by atoms with van der Waals surface area (Å²) in [4.78, 5) is 12.5. The maximum atomic E-state index is 12.5. The molecule has 0 aromatic rings. The highest BCUT2D eigenvalue weighted by Crippen LogP contribution is 2.75. The number of aliphatic hydroxyl groups is 3. The smallest absolute Gasteiger partial charge is 0.303 e. The first-order valence-corrected chi connectivity index (χ1v) is 15.5. The molecule has 5 aliphatic carbocycles. The Morgan fingerprint density at radius 1 is 0.974 bits per heavy atom. The summed E-state index contributed by atoms with van der Waals surface area (Å²) >= 11 is 0. The zero-order valence-electron chi connectivity index (χ0n) is 24.8. The Kier molecular flexibility index (Phi) is 6.09. The fourth-order valence-corrected chi connectivity index (χ4v) is 11.7. The zero-order valence-corrected chi connectivity index (χ0v) is 24.8. The summed E-state index contributed by atoms with van der Waals surface area (Å²) in [5.41, 5.74) is -1.06. The maximum absolute atomic E-state index is 12.5. The van der Waals surface area contributed by atoms with Gasteiger partial charge in [-0.3, -0.25) is 4.79 Å². The average molecular weight is 533 g/mol. The van der Waals surface area contributed by atoms with Crippen molar-refractivity contribution in [2.75, 3.05) is 0 Å². The second kappa shape index (κ2) is 8.42. The summed E-state index contributed by atoms with van der Waals surface area (Å²) in [6, 6.07) is 0. The van der Waals surface area contributed by atoms with Crippen LogP contribution in [0.5, 0.6) is 0 Å². The van der Waals surface area contributed by atoms with E-state index in [1.165, 1.54) is 13.3 Å². The van der Waals surface area contributed by atoms with Crippen molar-refractivity contribution in [1.29, 1.82) is 0 Å². The predicted molar refractivity (Wildman–Crippen MR) is 144 cm³/mol. The lowest BCUT2D eigenvalue weighted by atomic mass is 9.42. The summed E-state index contributed by atoms with van der Waals surface area (Å²) < 4.78 is 12.5. The number of fused-ring (bicyclic) bond motifs is 4. The summed E-state index contributed by atoms with van der Waals surface area (Å²) in [7, 11) is 0. The highest BCUT2D eigenvalue weighted by atomic mass is 16.6. The number of carbonyl (C=O) groups excluding carboxylic acids is 1. The van der Waals surface area contributed by atoms with Crippen molar-refractivity contribution < 1.29 is 29.6 Å². The molecule has 16 unspecified atom stereocenters. The molecule has 38 heavy (non-hydrogen) atoms. The molecule has 1 aliphatic heterocycles. The number of rotatable bonds is 5. The van der Waals surface area contributed by atoms with Gasteiger partial charge in [0, 0.05) is 30.1 Å². The summed E-state index contributed by atoms with van der Waals surface area (Å²) in [5, 5.41) is 34.8. The molecule has 1 spiro atoms. The first-order valence-electron chi connectivity index (χ1n) is 15.5. The molecule has 0 aromatic carbocycles. The molecule has 0 aromatic heterocycles. The van der Waals surface area contributed by atoms with E-state index in [0.717, 1.165) is 19.3 Å². The molecule has 3 N–H and O–H groups in total. The van der Waals surface area contributed by atoms with Gasteiger partial charge in [-0.2, -0.15) is 0 Å². The molecule has 6 fully saturated rings. The largest absolute Gasteiger partial charge is 0.459 e.